The van der Waals surface area contributed by atoms with Crippen LogP contribution in [0.25, 0.3) is 0 Å². The zero-order valence-electron chi connectivity index (χ0n) is 3.86. The van der Waals surface area contributed by atoms with Crippen LogP contribution in [0.5, 0.6) is 0 Å². The van der Waals surface area contributed by atoms with Gasteiger partial charge in [0.25, 0.3) is 0 Å². The number of hydrogen-bond acceptors (Lipinski definition) is 2. The van der Waals surface area contributed by atoms with E-state index in [0.717, 1.165) is 10.5 Å². The zero-order chi connectivity index (χ0) is 4.28. The molecule has 2 nitrogen and oxygen atoms in total. The number of nitrogens with zero attached hydrogens (tertiary/aromatic N) is 1. The van der Waals surface area contributed by atoms with E-state index in [1.54, 1.807) is 5.06 Å². The lowest BCUT2D eigenvalue weighted by Gasteiger charge is -2.02. The lowest BCUT2D eigenvalue weighted by molar-refractivity contribution is 0.00678. The molecule has 0 spiro atoms. The predicted molar refractivity (Wildman–Crippen MR) is 24.7 cm³/mol. The third-order valence-electron chi connectivity index (χ3n) is 0.365. The Morgan fingerprint density at radius 1 is 1.60 bits per heavy atom. The van der Waals surface area contributed by atoms with Gasteiger partial charge in [0.1, 0.15) is 0 Å². The van der Waals surface area contributed by atoms with Gasteiger partial charge in [0.15, 0.2) is 10.5 Å². The van der Waals surface area contributed by atoms with E-state index in [1.807, 2.05) is 14.1 Å². The molecule has 0 aromatic heterocycles. The second-order valence-corrected chi connectivity index (χ2v) is 1.36. The highest BCUT2D eigenvalue weighted by Gasteiger charge is 1.70. The molecule has 0 aliphatic rings. The van der Waals surface area contributed by atoms with Crippen LogP contribution in [0.15, 0.2) is 0 Å². The largest absolute Gasteiger partial charge is 0.355 e. The summed E-state index contributed by atoms with van der Waals surface area (Å²) < 4.78 is 4.72. The van der Waals surface area contributed by atoms with Crippen molar-refractivity contribution in [3.05, 3.63) is 0 Å². The van der Waals surface area contributed by atoms with Gasteiger partial charge in [0.05, 0.1) is 0 Å². The average Bonchev–Trinajstić information content (AvgIpc) is 1.38. The Morgan fingerprint density at radius 3 is 1.80 bits per heavy atom. The van der Waals surface area contributed by atoms with Gasteiger partial charge in [-0.1, -0.05) is 0 Å². The first-order valence-electron chi connectivity index (χ1n) is 1.49. The van der Waals surface area contributed by atoms with Crippen molar-refractivity contribution in [2.45, 2.75) is 0 Å². The Labute approximate surface area is 35.2 Å². The Hall–Kier alpha value is 0.137. The van der Waals surface area contributed by atoms with Gasteiger partial charge in [-0.25, -0.2) is 5.06 Å². The second kappa shape index (κ2) is 2.38. The molecule has 32 valence electrons. The molecule has 0 fully saturated rings. The fourth-order valence-corrected chi connectivity index (χ4v) is 0. The maximum atomic E-state index is 4.72. The third kappa shape index (κ3) is 4.14. The smallest absolute Gasteiger partial charge is 0.175 e. The van der Waals surface area contributed by atoms with Crippen molar-refractivity contribution < 1.29 is 4.53 Å². The summed E-state index contributed by atoms with van der Waals surface area (Å²) >= 11 is 0. The highest BCUT2D eigenvalue weighted by Crippen LogP contribution is 1.62. The minimum absolute atomic E-state index is 0.799. The van der Waals surface area contributed by atoms with E-state index in [4.69, 9.17) is 4.53 Å². The average molecular weight is 91.2 g/mol. The molecule has 0 aliphatic carbocycles. The number of hydroxylamine groups is 2. The molecule has 0 radical (unpaired) electrons. The first kappa shape index (κ1) is 5.14. The van der Waals surface area contributed by atoms with Crippen LogP contribution < -0.4 is 0 Å². The van der Waals surface area contributed by atoms with E-state index in [1.165, 1.54) is 0 Å². The molecule has 3 heteroatoms. The minimum Gasteiger partial charge on any atom is -0.355 e. The molecular formula is C2H9NOSi. The molecule has 0 aromatic carbocycles. The molecule has 0 heterocycles. The first-order chi connectivity index (χ1) is 2.27. The molecule has 0 aromatic rings. The van der Waals surface area contributed by atoms with Crippen LogP contribution in [0.2, 0.25) is 0 Å². The molecule has 0 saturated carbocycles. The number of rotatable bonds is 1. The van der Waals surface area contributed by atoms with Crippen LogP contribution >= 0.6 is 0 Å². The summed E-state index contributed by atoms with van der Waals surface area (Å²) in [5.41, 5.74) is 0. The first-order valence-corrected chi connectivity index (χ1v) is 2.30. The monoisotopic (exact) mass is 91.0 g/mol. The van der Waals surface area contributed by atoms with Crippen molar-refractivity contribution in [1.29, 1.82) is 0 Å². The SMILES string of the molecule is CN(C)O[SiH3]. The van der Waals surface area contributed by atoms with Gasteiger partial charge in [0.2, 0.25) is 0 Å². The molecule has 0 bridgehead atoms. The van der Waals surface area contributed by atoms with Crippen molar-refractivity contribution >= 4 is 10.5 Å². The summed E-state index contributed by atoms with van der Waals surface area (Å²) in [6, 6.07) is 0. The minimum atomic E-state index is 0.799. The van der Waals surface area contributed by atoms with Crippen LogP contribution in [0, 0.1) is 0 Å². The molecule has 0 saturated heterocycles. The fourth-order valence-electron chi connectivity index (χ4n) is 0. The van der Waals surface area contributed by atoms with Gasteiger partial charge < -0.3 is 4.53 Å². The standard InChI is InChI=1S/C2H9NOSi/c1-3(2)4-5/h1-2,5H3. The Bertz CT molecular complexity index is 23.6. The quantitative estimate of drug-likeness (QED) is 0.296. The van der Waals surface area contributed by atoms with Gasteiger partial charge in [-0.05, 0) is 0 Å². The van der Waals surface area contributed by atoms with Gasteiger partial charge in [-0.3, -0.25) is 0 Å². The van der Waals surface area contributed by atoms with Crippen LogP contribution in [-0.2, 0) is 4.53 Å². The molecule has 0 aliphatic heterocycles. The van der Waals surface area contributed by atoms with Crippen molar-refractivity contribution in [1.82, 2.24) is 5.06 Å². The molecular weight excluding hydrogens is 82.1 g/mol. The lowest BCUT2D eigenvalue weighted by atomic mass is 11.2. The lowest BCUT2D eigenvalue weighted by Crippen LogP contribution is -2.08. The zero-order valence-corrected chi connectivity index (χ0v) is 5.86. The van der Waals surface area contributed by atoms with Gasteiger partial charge in [-0.15, -0.1) is 0 Å². The molecule has 0 rings (SSSR count). The van der Waals surface area contributed by atoms with Crippen molar-refractivity contribution in [2.24, 2.45) is 0 Å². The third-order valence-corrected chi connectivity index (χ3v) is 1.10. The molecule has 5 heavy (non-hydrogen) atoms. The maximum absolute atomic E-state index is 4.72. The van der Waals surface area contributed by atoms with Crippen LogP contribution in [0.1, 0.15) is 0 Å². The van der Waals surface area contributed by atoms with E-state index in [2.05, 4.69) is 0 Å². The molecule has 0 amide bonds. The highest BCUT2D eigenvalue weighted by atomic mass is 28.2. The topological polar surface area (TPSA) is 12.5 Å². The predicted octanol–water partition coefficient (Wildman–Crippen LogP) is -1.24. The van der Waals surface area contributed by atoms with Crippen molar-refractivity contribution in [3.8, 4) is 0 Å². The Balaban J connectivity index is 2.54. The van der Waals surface area contributed by atoms with Crippen LogP contribution in [0.4, 0.5) is 0 Å². The van der Waals surface area contributed by atoms with Gasteiger partial charge >= 0.3 is 0 Å². The summed E-state index contributed by atoms with van der Waals surface area (Å²) in [5, 5.41) is 1.69. The van der Waals surface area contributed by atoms with Crippen molar-refractivity contribution in [2.75, 3.05) is 14.1 Å². The van der Waals surface area contributed by atoms with Crippen LogP contribution in [0.3, 0.4) is 0 Å². The summed E-state index contributed by atoms with van der Waals surface area (Å²) in [7, 11) is 4.54. The summed E-state index contributed by atoms with van der Waals surface area (Å²) in [6.45, 7) is 0. The van der Waals surface area contributed by atoms with Crippen molar-refractivity contribution in [3.63, 3.8) is 0 Å². The van der Waals surface area contributed by atoms with Crippen LogP contribution in [-0.4, -0.2) is 29.6 Å². The van der Waals surface area contributed by atoms with E-state index < -0.39 is 0 Å². The van der Waals surface area contributed by atoms with E-state index in [0.29, 0.717) is 0 Å². The molecule has 0 unspecified atom stereocenters. The fraction of sp³-hybridized carbons (Fsp3) is 1.00. The van der Waals surface area contributed by atoms with E-state index in [9.17, 15) is 0 Å². The van der Waals surface area contributed by atoms with Gasteiger partial charge in [0, 0.05) is 14.1 Å². The Morgan fingerprint density at radius 2 is 1.80 bits per heavy atom. The molecule has 0 atom stereocenters. The normalized spacial score (nSPS) is 10.2. The number of hydrogen-bond donors (Lipinski definition) is 0. The Kier molecular flexibility index (Phi) is 2.44. The maximum Gasteiger partial charge on any atom is 0.175 e. The summed E-state index contributed by atoms with van der Waals surface area (Å²) in [6.07, 6.45) is 0. The van der Waals surface area contributed by atoms with E-state index in [-0.39, 0.29) is 0 Å². The second-order valence-electron chi connectivity index (χ2n) is 0.995. The summed E-state index contributed by atoms with van der Waals surface area (Å²) in [4.78, 5) is 0. The highest BCUT2D eigenvalue weighted by molar-refractivity contribution is 5.97. The molecule has 0 N–H and O–H groups in total. The van der Waals surface area contributed by atoms with E-state index >= 15 is 0 Å². The van der Waals surface area contributed by atoms with Gasteiger partial charge in [-0.2, -0.15) is 0 Å². The summed E-state index contributed by atoms with van der Waals surface area (Å²) in [5.74, 6) is 0.